The number of hydrogen-bond donors (Lipinski definition) is 1. The molecule has 16 heavy (non-hydrogen) atoms. The van der Waals surface area contributed by atoms with Gasteiger partial charge in [0.25, 0.3) is 0 Å². The fraction of sp³-hybridized carbons (Fsp3) is 0.182. The Morgan fingerprint density at radius 2 is 2.31 bits per heavy atom. The molecule has 5 nitrogen and oxygen atoms in total. The van der Waals surface area contributed by atoms with E-state index in [1.165, 1.54) is 0 Å². The Balaban J connectivity index is 2.39. The van der Waals surface area contributed by atoms with Crippen LogP contribution in [0, 0.1) is 18.3 Å². The lowest BCUT2D eigenvalue weighted by Gasteiger charge is -2.05. The summed E-state index contributed by atoms with van der Waals surface area (Å²) in [5.74, 6) is 0.688. The minimum atomic E-state index is 0.561. The van der Waals surface area contributed by atoms with E-state index in [0.29, 0.717) is 11.4 Å². The zero-order valence-electron chi connectivity index (χ0n) is 9.10. The van der Waals surface area contributed by atoms with Crippen molar-refractivity contribution in [3.05, 3.63) is 35.8 Å². The van der Waals surface area contributed by atoms with Gasteiger partial charge in [-0.05, 0) is 19.1 Å². The summed E-state index contributed by atoms with van der Waals surface area (Å²) < 4.78 is 1.65. The molecule has 0 saturated heterocycles. The normalized spacial score (nSPS) is 9.81. The average molecular weight is 213 g/mol. The lowest BCUT2D eigenvalue weighted by Crippen LogP contribution is -2.00. The fourth-order valence-corrected chi connectivity index (χ4v) is 1.51. The van der Waals surface area contributed by atoms with Gasteiger partial charge < -0.3 is 5.32 Å². The summed E-state index contributed by atoms with van der Waals surface area (Å²) in [5, 5.41) is 16.3. The molecule has 0 saturated carbocycles. The van der Waals surface area contributed by atoms with Gasteiger partial charge in [0.2, 0.25) is 0 Å². The molecule has 0 aliphatic carbocycles. The number of pyridine rings is 1. The van der Waals surface area contributed by atoms with Crippen LogP contribution >= 0.6 is 0 Å². The summed E-state index contributed by atoms with van der Waals surface area (Å²) in [4.78, 5) is 4.00. The van der Waals surface area contributed by atoms with Crippen LogP contribution in [0.1, 0.15) is 11.3 Å². The number of nitrogens with one attached hydrogen (secondary N) is 1. The number of nitrogens with zero attached hydrogens (tertiary/aromatic N) is 4. The first-order valence-electron chi connectivity index (χ1n) is 4.83. The highest BCUT2D eigenvalue weighted by molar-refractivity contribution is 5.63. The molecular formula is C11H11N5. The Morgan fingerprint density at radius 1 is 1.50 bits per heavy atom. The van der Waals surface area contributed by atoms with Crippen LogP contribution in [0.3, 0.4) is 0 Å². The molecule has 0 aliphatic heterocycles. The Labute approximate surface area is 93.4 Å². The molecule has 0 fully saturated rings. The van der Waals surface area contributed by atoms with E-state index in [9.17, 15) is 0 Å². The van der Waals surface area contributed by atoms with Crippen molar-refractivity contribution < 1.29 is 0 Å². The van der Waals surface area contributed by atoms with Gasteiger partial charge in [-0.3, -0.25) is 9.67 Å². The van der Waals surface area contributed by atoms with E-state index in [-0.39, 0.29) is 0 Å². The van der Waals surface area contributed by atoms with Gasteiger partial charge in [-0.15, -0.1) is 0 Å². The minimum absolute atomic E-state index is 0.561. The Kier molecular flexibility index (Phi) is 2.56. The molecule has 2 aromatic rings. The van der Waals surface area contributed by atoms with E-state index < -0.39 is 0 Å². The first-order chi connectivity index (χ1) is 7.72. The van der Waals surface area contributed by atoms with Crippen molar-refractivity contribution in [2.45, 2.75) is 6.92 Å². The second kappa shape index (κ2) is 4.03. The molecule has 2 rings (SSSR count). The van der Waals surface area contributed by atoms with Gasteiger partial charge in [0, 0.05) is 13.2 Å². The lowest BCUT2D eigenvalue weighted by molar-refractivity contribution is 0.765. The van der Waals surface area contributed by atoms with Crippen LogP contribution < -0.4 is 5.32 Å². The van der Waals surface area contributed by atoms with Crippen molar-refractivity contribution in [1.29, 1.82) is 5.26 Å². The van der Waals surface area contributed by atoms with Crippen LogP contribution in [0.4, 0.5) is 11.5 Å². The molecule has 0 aliphatic rings. The summed E-state index contributed by atoms with van der Waals surface area (Å²) in [6, 6.07) is 5.86. The first kappa shape index (κ1) is 10.2. The van der Waals surface area contributed by atoms with Gasteiger partial charge in [0.1, 0.15) is 17.5 Å². The van der Waals surface area contributed by atoms with E-state index >= 15 is 0 Å². The molecule has 2 heterocycles. The third kappa shape index (κ3) is 1.73. The van der Waals surface area contributed by atoms with Gasteiger partial charge in [0.05, 0.1) is 17.6 Å². The maximum absolute atomic E-state index is 9.03. The van der Waals surface area contributed by atoms with Crippen molar-refractivity contribution in [2.75, 3.05) is 5.32 Å². The summed E-state index contributed by atoms with van der Waals surface area (Å²) in [6.45, 7) is 1.81. The molecule has 0 aromatic carbocycles. The molecule has 0 spiro atoms. The molecule has 0 unspecified atom stereocenters. The molecule has 5 heteroatoms. The zero-order chi connectivity index (χ0) is 11.5. The summed E-state index contributed by atoms with van der Waals surface area (Å²) in [5.41, 5.74) is 2.12. The predicted octanol–water partition coefficient (Wildman–Crippen LogP) is 1.74. The molecule has 0 bridgehead atoms. The van der Waals surface area contributed by atoms with Gasteiger partial charge in [-0.2, -0.15) is 10.4 Å². The van der Waals surface area contributed by atoms with Crippen LogP contribution in [-0.4, -0.2) is 14.8 Å². The number of hydrogen-bond acceptors (Lipinski definition) is 4. The highest BCUT2D eigenvalue weighted by atomic mass is 15.3. The number of aromatic nitrogens is 3. The van der Waals surface area contributed by atoms with Crippen LogP contribution in [0.25, 0.3) is 0 Å². The Hall–Kier alpha value is -2.35. The maximum atomic E-state index is 9.03. The second-order valence-corrected chi connectivity index (χ2v) is 3.41. The van der Waals surface area contributed by atoms with Crippen LogP contribution in [0.15, 0.2) is 24.5 Å². The largest absolute Gasteiger partial charge is 0.338 e. The highest BCUT2D eigenvalue weighted by Gasteiger charge is 2.12. The summed E-state index contributed by atoms with van der Waals surface area (Å²) in [6.07, 6.45) is 3.40. The standard InChI is InChI=1S/C11H11N5/c1-8-10(6-12)11(16(2)15-8)14-9-4-3-5-13-7-9/h3-5,7,14H,1-2H3. The third-order valence-corrected chi connectivity index (χ3v) is 2.26. The van der Waals surface area contributed by atoms with Gasteiger partial charge in [0.15, 0.2) is 0 Å². The van der Waals surface area contributed by atoms with Gasteiger partial charge in [-0.25, -0.2) is 0 Å². The van der Waals surface area contributed by atoms with Crippen molar-refractivity contribution in [2.24, 2.45) is 7.05 Å². The van der Waals surface area contributed by atoms with Crippen LogP contribution in [0.5, 0.6) is 0 Å². The number of nitriles is 1. The monoisotopic (exact) mass is 213 g/mol. The smallest absolute Gasteiger partial charge is 0.146 e. The Bertz CT molecular complexity index is 535. The molecular weight excluding hydrogens is 202 g/mol. The molecule has 1 N–H and O–H groups in total. The molecule has 80 valence electrons. The molecule has 0 atom stereocenters. The second-order valence-electron chi connectivity index (χ2n) is 3.41. The number of aryl methyl sites for hydroxylation is 2. The van der Waals surface area contributed by atoms with Crippen molar-refractivity contribution >= 4 is 11.5 Å². The zero-order valence-corrected chi connectivity index (χ0v) is 9.10. The quantitative estimate of drug-likeness (QED) is 0.825. The van der Waals surface area contributed by atoms with E-state index in [2.05, 4.69) is 21.5 Å². The fourth-order valence-electron chi connectivity index (χ4n) is 1.51. The molecule has 0 amide bonds. The number of rotatable bonds is 2. The van der Waals surface area contributed by atoms with Crippen LogP contribution in [0.2, 0.25) is 0 Å². The third-order valence-electron chi connectivity index (χ3n) is 2.26. The Morgan fingerprint density at radius 3 is 2.94 bits per heavy atom. The first-order valence-corrected chi connectivity index (χ1v) is 4.83. The van der Waals surface area contributed by atoms with Crippen LogP contribution in [-0.2, 0) is 7.05 Å². The summed E-state index contributed by atoms with van der Waals surface area (Å²) >= 11 is 0. The lowest BCUT2D eigenvalue weighted by atomic mass is 10.2. The van der Waals surface area contributed by atoms with E-state index in [1.807, 2.05) is 19.1 Å². The molecule has 0 radical (unpaired) electrons. The van der Waals surface area contributed by atoms with E-state index in [1.54, 1.807) is 24.1 Å². The maximum Gasteiger partial charge on any atom is 0.146 e. The highest BCUT2D eigenvalue weighted by Crippen LogP contribution is 2.21. The topological polar surface area (TPSA) is 66.5 Å². The molecule has 2 aromatic heterocycles. The SMILES string of the molecule is Cc1nn(C)c(Nc2cccnc2)c1C#N. The average Bonchev–Trinajstić information content (AvgIpc) is 2.55. The van der Waals surface area contributed by atoms with Crippen molar-refractivity contribution in [3.63, 3.8) is 0 Å². The number of anilines is 2. The van der Waals surface area contributed by atoms with Crippen molar-refractivity contribution in [1.82, 2.24) is 14.8 Å². The van der Waals surface area contributed by atoms with Gasteiger partial charge in [-0.1, -0.05) is 0 Å². The summed E-state index contributed by atoms with van der Waals surface area (Å²) in [7, 11) is 1.80. The van der Waals surface area contributed by atoms with E-state index in [4.69, 9.17) is 5.26 Å². The van der Waals surface area contributed by atoms with E-state index in [0.717, 1.165) is 11.4 Å². The predicted molar refractivity (Wildman–Crippen MR) is 60.2 cm³/mol. The van der Waals surface area contributed by atoms with Crippen molar-refractivity contribution in [3.8, 4) is 6.07 Å². The van der Waals surface area contributed by atoms with Gasteiger partial charge >= 0.3 is 0 Å². The minimum Gasteiger partial charge on any atom is -0.338 e.